The number of halogens is 1. The molecule has 18 heavy (non-hydrogen) atoms. The zero-order chi connectivity index (χ0) is 13.6. The Balaban J connectivity index is 2.26. The van der Waals surface area contributed by atoms with Gasteiger partial charge in [0.1, 0.15) is 6.10 Å². The lowest BCUT2D eigenvalue weighted by Gasteiger charge is -2.42. The highest BCUT2D eigenvalue weighted by atomic mass is 35.5. The van der Waals surface area contributed by atoms with Gasteiger partial charge in [-0.15, -0.1) is 0 Å². The third-order valence-electron chi connectivity index (χ3n) is 4.40. The molecule has 1 aliphatic heterocycles. The summed E-state index contributed by atoms with van der Waals surface area (Å²) in [6.07, 6.45) is 1.07. The van der Waals surface area contributed by atoms with Crippen molar-refractivity contribution in [1.29, 1.82) is 0 Å². The molecule has 0 aliphatic carbocycles. The minimum absolute atomic E-state index is 0.0278. The van der Waals surface area contributed by atoms with Crippen molar-refractivity contribution in [3.8, 4) is 0 Å². The normalized spacial score (nSPS) is 29.8. The van der Waals surface area contributed by atoms with Crippen LogP contribution in [0, 0.1) is 5.41 Å². The van der Waals surface area contributed by atoms with E-state index in [1.165, 1.54) is 0 Å². The smallest absolute Gasteiger partial charge is 0.106 e. The first-order chi connectivity index (χ1) is 8.24. The summed E-state index contributed by atoms with van der Waals surface area (Å²) >= 11 is 6.05. The standard InChI is InChI=1S/C15H22ClNO/c1-14(2,3)15(4)10-13(18-17(15)5)11-7-6-8-12(16)9-11/h6-9,13H,10H2,1-5H3/t13-,15+/m0/s1. The third-order valence-corrected chi connectivity index (χ3v) is 4.63. The summed E-state index contributed by atoms with van der Waals surface area (Å²) in [5, 5.41) is 2.78. The molecule has 0 unspecified atom stereocenters. The van der Waals surface area contributed by atoms with Crippen molar-refractivity contribution >= 4 is 11.6 Å². The summed E-state index contributed by atoms with van der Waals surface area (Å²) in [5.41, 5.74) is 1.34. The highest BCUT2D eigenvalue weighted by Gasteiger charge is 2.49. The van der Waals surface area contributed by atoms with E-state index in [0.717, 1.165) is 17.0 Å². The molecule has 100 valence electrons. The fourth-order valence-corrected chi connectivity index (χ4v) is 2.70. The van der Waals surface area contributed by atoms with Crippen LogP contribution in [-0.2, 0) is 4.84 Å². The van der Waals surface area contributed by atoms with Crippen molar-refractivity contribution in [2.75, 3.05) is 7.05 Å². The molecule has 0 saturated carbocycles. The SMILES string of the molecule is CN1O[C@H](c2cccc(Cl)c2)C[C@]1(C)C(C)(C)C. The molecule has 0 N–H and O–H groups in total. The number of nitrogens with zero attached hydrogens (tertiary/aromatic N) is 1. The van der Waals surface area contributed by atoms with Crippen molar-refractivity contribution in [3.05, 3.63) is 34.9 Å². The Labute approximate surface area is 115 Å². The predicted molar refractivity (Wildman–Crippen MR) is 75.5 cm³/mol. The van der Waals surface area contributed by atoms with Gasteiger partial charge in [0.25, 0.3) is 0 Å². The Morgan fingerprint density at radius 2 is 2.06 bits per heavy atom. The molecule has 0 spiro atoms. The Morgan fingerprint density at radius 3 is 2.56 bits per heavy atom. The second kappa shape index (κ2) is 4.52. The van der Waals surface area contributed by atoms with Crippen LogP contribution in [0.2, 0.25) is 5.02 Å². The van der Waals surface area contributed by atoms with Crippen LogP contribution in [0.3, 0.4) is 0 Å². The fourth-order valence-electron chi connectivity index (χ4n) is 2.50. The van der Waals surface area contributed by atoms with Gasteiger partial charge in [-0.05, 0) is 30.0 Å². The lowest BCUT2D eigenvalue weighted by molar-refractivity contribution is -0.187. The van der Waals surface area contributed by atoms with Crippen LogP contribution in [0.15, 0.2) is 24.3 Å². The highest BCUT2D eigenvalue weighted by molar-refractivity contribution is 6.30. The Morgan fingerprint density at radius 1 is 1.39 bits per heavy atom. The van der Waals surface area contributed by atoms with Gasteiger partial charge in [0.2, 0.25) is 0 Å². The summed E-state index contributed by atoms with van der Waals surface area (Å²) in [4.78, 5) is 6.02. The predicted octanol–water partition coefficient (Wildman–Crippen LogP) is 4.45. The van der Waals surface area contributed by atoms with Crippen LogP contribution in [0.1, 0.15) is 45.8 Å². The van der Waals surface area contributed by atoms with Crippen LogP contribution in [0.5, 0.6) is 0 Å². The Bertz CT molecular complexity index is 440. The number of benzene rings is 1. The fraction of sp³-hybridized carbons (Fsp3) is 0.600. The second-order valence-electron chi connectivity index (χ2n) is 6.37. The van der Waals surface area contributed by atoms with Crippen molar-refractivity contribution in [2.45, 2.75) is 45.8 Å². The Hall–Kier alpha value is -0.570. The van der Waals surface area contributed by atoms with Gasteiger partial charge in [-0.2, -0.15) is 5.06 Å². The summed E-state index contributed by atoms with van der Waals surface area (Å²) in [6, 6.07) is 7.95. The maximum atomic E-state index is 6.05. The molecule has 0 radical (unpaired) electrons. The molecule has 2 rings (SSSR count). The minimum atomic E-state index is 0.0278. The van der Waals surface area contributed by atoms with Crippen molar-refractivity contribution in [1.82, 2.24) is 5.06 Å². The van der Waals surface area contributed by atoms with E-state index >= 15 is 0 Å². The molecule has 2 nitrogen and oxygen atoms in total. The van der Waals surface area contributed by atoms with E-state index in [1.54, 1.807) is 0 Å². The quantitative estimate of drug-likeness (QED) is 0.745. The zero-order valence-corrected chi connectivity index (χ0v) is 12.6. The Kier molecular flexibility index (Phi) is 3.48. The molecule has 1 heterocycles. The van der Waals surface area contributed by atoms with Crippen LogP contribution in [-0.4, -0.2) is 17.6 Å². The second-order valence-corrected chi connectivity index (χ2v) is 6.81. The van der Waals surface area contributed by atoms with E-state index in [4.69, 9.17) is 16.4 Å². The number of rotatable bonds is 1. The van der Waals surface area contributed by atoms with E-state index < -0.39 is 0 Å². The number of hydrogen-bond donors (Lipinski definition) is 0. The summed E-state index contributed by atoms with van der Waals surface area (Å²) in [7, 11) is 2.02. The molecule has 2 atom stereocenters. The van der Waals surface area contributed by atoms with Gasteiger partial charge < -0.3 is 0 Å². The first-order valence-electron chi connectivity index (χ1n) is 6.40. The van der Waals surface area contributed by atoms with Crippen molar-refractivity contribution < 1.29 is 4.84 Å². The van der Waals surface area contributed by atoms with Gasteiger partial charge in [0, 0.05) is 18.5 Å². The summed E-state index contributed by atoms with van der Waals surface area (Å²) in [6.45, 7) is 9.03. The van der Waals surface area contributed by atoms with Gasteiger partial charge in [-0.25, -0.2) is 0 Å². The summed E-state index contributed by atoms with van der Waals surface area (Å²) in [5.74, 6) is 0. The summed E-state index contributed by atoms with van der Waals surface area (Å²) < 4.78 is 0. The largest absolute Gasteiger partial charge is 0.291 e. The van der Waals surface area contributed by atoms with Crippen LogP contribution >= 0.6 is 11.6 Å². The van der Waals surface area contributed by atoms with Crippen LogP contribution in [0.25, 0.3) is 0 Å². The van der Waals surface area contributed by atoms with Crippen LogP contribution < -0.4 is 0 Å². The molecule has 0 bridgehead atoms. The third kappa shape index (κ3) is 2.29. The topological polar surface area (TPSA) is 12.5 Å². The first kappa shape index (κ1) is 13.9. The lowest BCUT2D eigenvalue weighted by Crippen LogP contribution is -2.48. The number of hydroxylamine groups is 2. The minimum Gasteiger partial charge on any atom is -0.291 e. The van der Waals surface area contributed by atoms with E-state index in [1.807, 2.05) is 30.3 Å². The molecule has 1 aromatic carbocycles. The van der Waals surface area contributed by atoms with Crippen molar-refractivity contribution in [2.24, 2.45) is 5.41 Å². The maximum absolute atomic E-state index is 6.05. The number of hydrogen-bond acceptors (Lipinski definition) is 2. The maximum Gasteiger partial charge on any atom is 0.106 e. The average Bonchev–Trinajstić information content (AvgIpc) is 2.56. The van der Waals surface area contributed by atoms with E-state index in [9.17, 15) is 0 Å². The van der Waals surface area contributed by atoms with Gasteiger partial charge in [-0.3, -0.25) is 4.84 Å². The van der Waals surface area contributed by atoms with E-state index in [-0.39, 0.29) is 17.1 Å². The highest BCUT2D eigenvalue weighted by Crippen LogP contribution is 2.48. The van der Waals surface area contributed by atoms with Gasteiger partial charge >= 0.3 is 0 Å². The van der Waals surface area contributed by atoms with Crippen molar-refractivity contribution in [3.63, 3.8) is 0 Å². The first-order valence-corrected chi connectivity index (χ1v) is 6.78. The van der Waals surface area contributed by atoms with Gasteiger partial charge in [-0.1, -0.05) is 44.5 Å². The molecule has 0 aromatic heterocycles. The molecule has 1 aromatic rings. The molecule has 1 aliphatic rings. The average molecular weight is 268 g/mol. The monoisotopic (exact) mass is 267 g/mol. The molecular formula is C15H22ClNO. The van der Waals surface area contributed by atoms with Gasteiger partial charge in [0.05, 0.1) is 5.54 Å². The lowest BCUT2D eigenvalue weighted by atomic mass is 9.72. The van der Waals surface area contributed by atoms with E-state index in [0.29, 0.717) is 0 Å². The molecular weight excluding hydrogens is 246 g/mol. The zero-order valence-electron chi connectivity index (χ0n) is 11.8. The van der Waals surface area contributed by atoms with Crippen LogP contribution in [0.4, 0.5) is 0 Å². The van der Waals surface area contributed by atoms with Gasteiger partial charge in [0.15, 0.2) is 0 Å². The van der Waals surface area contributed by atoms with E-state index in [2.05, 4.69) is 33.8 Å². The molecule has 0 amide bonds. The molecule has 1 fully saturated rings. The molecule has 3 heteroatoms. The molecule has 1 saturated heterocycles.